The summed E-state index contributed by atoms with van der Waals surface area (Å²) in [6, 6.07) is 16.4. The second-order valence-electron chi connectivity index (χ2n) is 6.14. The Hall–Kier alpha value is -2.99. The van der Waals surface area contributed by atoms with Gasteiger partial charge < -0.3 is 10.6 Å². The molecule has 0 fully saturated rings. The minimum atomic E-state index is -0.672. The molecule has 0 radical (unpaired) electrons. The first-order valence-electron chi connectivity index (χ1n) is 8.78. The van der Waals surface area contributed by atoms with Crippen LogP contribution in [-0.2, 0) is 11.2 Å². The monoisotopic (exact) mass is 379 g/mol. The molecule has 3 aromatic rings. The van der Waals surface area contributed by atoms with Gasteiger partial charge >= 0.3 is 0 Å². The zero-order valence-electron chi connectivity index (χ0n) is 15.2. The van der Waals surface area contributed by atoms with Crippen LogP contribution in [0.3, 0.4) is 0 Å². The number of hydrogen-bond acceptors (Lipinski definition) is 4. The first-order chi connectivity index (χ1) is 13.1. The fraction of sp³-hybridized carbons (Fsp3) is 0.190. The minimum Gasteiger partial charge on any atom is -0.341 e. The highest BCUT2D eigenvalue weighted by atomic mass is 32.1. The average molecular weight is 379 g/mol. The number of nitrogens with one attached hydrogen (secondary N) is 2. The van der Waals surface area contributed by atoms with Gasteiger partial charge in [-0.1, -0.05) is 49.4 Å². The summed E-state index contributed by atoms with van der Waals surface area (Å²) in [6.45, 7) is 3.76. The van der Waals surface area contributed by atoms with E-state index in [1.165, 1.54) is 16.9 Å². The van der Waals surface area contributed by atoms with Gasteiger partial charge in [-0.25, -0.2) is 4.98 Å². The van der Waals surface area contributed by atoms with E-state index < -0.39 is 6.04 Å². The summed E-state index contributed by atoms with van der Waals surface area (Å²) in [6.07, 6.45) is 0.991. The number of amides is 2. The van der Waals surface area contributed by atoms with Gasteiger partial charge in [0.2, 0.25) is 5.91 Å². The molecule has 138 valence electrons. The number of aromatic nitrogens is 1. The Bertz CT molecular complexity index is 920. The quantitative estimate of drug-likeness (QED) is 0.676. The summed E-state index contributed by atoms with van der Waals surface area (Å²) < 4.78 is 0. The maximum atomic E-state index is 12.3. The second-order valence-corrected chi connectivity index (χ2v) is 7.00. The molecule has 0 spiro atoms. The molecular formula is C21H21N3O2S. The molecule has 0 saturated heterocycles. The molecule has 2 N–H and O–H groups in total. The van der Waals surface area contributed by atoms with Gasteiger partial charge in [0.25, 0.3) is 5.91 Å². The number of nitrogens with zero attached hydrogens (tertiary/aromatic N) is 1. The van der Waals surface area contributed by atoms with Crippen LogP contribution in [0.5, 0.6) is 0 Å². The maximum absolute atomic E-state index is 12.3. The van der Waals surface area contributed by atoms with Gasteiger partial charge in [0, 0.05) is 16.5 Å². The van der Waals surface area contributed by atoms with Crippen molar-refractivity contribution < 1.29 is 9.59 Å². The molecule has 0 saturated carbocycles. The van der Waals surface area contributed by atoms with Crippen LogP contribution >= 0.6 is 11.3 Å². The lowest BCUT2D eigenvalue weighted by Gasteiger charge is -2.13. The molecule has 0 aliphatic carbocycles. The van der Waals surface area contributed by atoms with Gasteiger partial charge in [0.1, 0.15) is 6.04 Å². The summed E-state index contributed by atoms with van der Waals surface area (Å²) in [4.78, 5) is 29.0. The molecule has 1 heterocycles. The zero-order valence-corrected chi connectivity index (χ0v) is 16.0. The SMILES string of the molecule is CCc1ccc(-c2csc(NC(=O)[C@H](C)NC(=O)c3ccccc3)n2)cc1. The molecule has 1 aromatic heterocycles. The van der Waals surface area contributed by atoms with E-state index >= 15 is 0 Å². The second kappa shape index (κ2) is 8.60. The summed E-state index contributed by atoms with van der Waals surface area (Å²) in [5.41, 5.74) is 3.61. The van der Waals surface area contributed by atoms with E-state index in [-0.39, 0.29) is 11.8 Å². The number of hydrogen-bond donors (Lipinski definition) is 2. The van der Waals surface area contributed by atoms with Crippen molar-refractivity contribution in [3.05, 3.63) is 71.1 Å². The highest BCUT2D eigenvalue weighted by molar-refractivity contribution is 7.14. The standard InChI is InChI=1S/C21H21N3O2S/c1-3-15-9-11-16(12-10-15)18-13-27-21(23-18)24-19(25)14(2)22-20(26)17-7-5-4-6-8-17/h4-14H,3H2,1-2H3,(H,22,26)(H,23,24,25)/t14-/m0/s1. The van der Waals surface area contributed by atoms with Gasteiger partial charge in [0.05, 0.1) is 5.69 Å². The molecule has 5 nitrogen and oxygen atoms in total. The van der Waals surface area contributed by atoms with Crippen LogP contribution in [0.15, 0.2) is 60.0 Å². The van der Waals surface area contributed by atoms with E-state index in [4.69, 9.17) is 0 Å². The van der Waals surface area contributed by atoms with Crippen molar-refractivity contribution in [3.63, 3.8) is 0 Å². The van der Waals surface area contributed by atoms with Crippen LogP contribution in [0.1, 0.15) is 29.8 Å². The van der Waals surface area contributed by atoms with Crippen molar-refractivity contribution in [2.24, 2.45) is 0 Å². The van der Waals surface area contributed by atoms with Crippen molar-refractivity contribution in [1.82, 2.24) is 10.3 Å². The van der Waals surface area contributed by atoms with Crippen molar-refractivity contribution in [2.45, 2.75) is 26.3 Å². The Morgan fingerprint density at radius 1 is 1.07 bits per heavy atom. The number of aryl methyl sites for hydroxylation is 1. The third-order valence-electron chi connectivity index (χ3n) is 4.17. The number of benzene rings is 2. The number of anilines is 1. The zero-order chi connectivity index (χ0) is 19.2. The largest absolute Gasteiger partial charge is 0.341 e. The Labute approximate surface area is 162 Å². The Balaban J connectivity index is 1.60. The van der Waals surface area contributed by atoms with Crippen LogP contribution < -0.4 is 10.6 Å². The third kappa shape index (κ3) is 4.80. The van der Waals surface area contributed by atoms with Gasteiger partial charge in [-0.05, 0) is 31.0 Å². The molecular weight excluding hydrogens is 358 g/mol. The molecule has 3 rings (SSSR count). The van der Waals surface area contributed by atoms with Gasteiger partial charge in [0.15, 0.2) is 5.13 Å². The van der Waals surface area contributed by atoms with Crippen molar-refractivity contribution in [1.29, 1.82) is 0 Å². The smallest absolute Gasteiger partial charge is 0.251 e. The Morgan fingerprint density at radius 3 is 2.44 bits per heavy atom. The number of carbonyl (C=O) groups is 2. The normalized spacial score (nSPS) is 11.6. The van der Waals surface area contributed by atoms with E-state index in [9.17, 15) is 9.59 Å². The van der Waals surface area contributed by atoms with E-state index in [1.54, 1.807) is 31.2 Å². The molecule has 6 heteroatoms. The molecule has 0 aliphatic heterocycles. The molecule has 0 unspecified atom stereocenters. The van der Waals surface area contributed by atoms with Crippen LogP contribution in [0, 0.1) is 0 Å². The lowest BCUT2D eigenvalue weighted by atomic mass is 10.1. The summed E-state index contributed by atoms with van der Waals surface area (Å²) >= 11 is 1.36. The van der Waals surface area contributed by atoms with Crippen LogP contribution in [0.25, 0.3) is 11.3 Å². The lowest BCUT2D eigenvalue weighted by molar-refractivity contribution is -0.117. The highest BCUT2D eigenvalue weighted by Gasteiger charge is 2.18. The van der Waals surface area contributed by atoms with Crippen molar-refractivity contribution >= 4 is 28.3 Å². The average Bonchev–Trinajstić information content (AvgIpc) is 3.17. The van der Waals surface area contributed by atoms with Gasteiger partial charge in [-0.15, -0.1) is 11.3 Å². The van der Waals surface area contributed by atoms with E-state index in [1.807, 2.05) is 23.6 Å². The van der Waals surface area contributed by atoms with Crippen molar-refractivity contribution in [3.8, 4) is 11.3 Å². The van der Waals surface area contributed by atoms with E-state index in [2.05, 4.69) is 34.7 Å². The molecule has 2 amide bonds. The molecule has 27 heavy (non-hydrogen) atoms. The van der Waals surface area contributed by atoms with Crippen molar-refractivity contribution in [2.75, 3.05) is 5.32 Å². The highest BCUT2D eigenvalue weighted by Crippen LogP contribution is 2.25. The third-order valence-corrected chi connectivity index (χ3v) is 4.93. The molecule has 0 bridgehead atoms. The topological polar surface area (TPSA) is 71.1 Å². The Morgan fingerprint density at radius 2 is 1.78 bits per heavy atom. The summed E-state index contributed by atoms with van der Waals surface area (Å²) in [7, 11) is 0. The van der Waals surface area contributed by atoms with E-state index in [0.717, 1.165) is 17.7 Å². The number of carbonyl (C=O) groups excluding carboxylic acids is 2. The minimum absolute atomic E-state index is 0.283. The molecule has 2 aromatic carbocycles. The first kappa shape index (κ1) is 18.8. The molecule has 1 atom stereocenters. The van der Waals surface area contributed by atoms with Crippen LogP contribution in [-0.4, -0.2) is 22.8 Å². The predicted molar refractivity (Wildman–Crippen MR) is 109 cm³/mol. The van der Waals surface area contributed by atoms with Crippen LogP contribution in [0.4, 0.5) is 5.13 Å². The predicted octanol–water partition coefficient (Wildman–Crippen LogP) is 4.13. The fourth-order valence-electron chi connectivity index (χ4n) is 2.52. The number of rotatable bonds is 6. The Kier molecular flexibility index (Phi) is 5.98. The molecule has 0 aliphatic rings. The fourth-order valence-corrected chi connectivity index (χ4v) is 3.25. The van der Waals surface area contributed by atoms with Gasteiger partial charge in [-0.2, -0.15) is 0 Å². The van der Waals surface area contributed by atoms with Crippen LogP contribution in [0.2, 0.25) is 0 Å². The summed E-state index contributed by atoms with van der Waals surface area (Å²) in [5, 5.41) is 7.87. The first-order valence-corrected chi connectivity index (χ1v) is 9.66. The number of thiazole rings is 1. The lowest BCUT2D eigenvalue weighted by Crippen LogP contribution is -2.41. The van der Waals surface area contributed by atoms with E-state index in [0.29, 0.717) is 10.7 Å². The maximum Gasteiger partial charge on any atom is 0.251 e. The summed E-state index contributed by atoms with van der Waals surface area (Å²) in [5.74, 6) is -0.587. The van der Waals surface area contributed by atoms with Gasteiger partial charge in [-0.3, -0.25) is 9.59 Å².